The van der Waals surface area contributed by atoms with E-state index in [1.807, 2.05) is 0 Å². The lowest BCUT2D eigenvalue weighted by Crippen LogP contribution is -2.25. The maximum absolute atomic E-state index is 12.0. The number of rotatable bonds is 47. The van der Waals surface area contributed by atoms with Crippen LogP contribution in [0.5, 0.6) is 11.5 Å². The Balaban J connectivity index is 1.92. The van der Waals surface area contributed by atoms with Gasteiger partial charge >= 0.3 is 5.69 Å². The molecule has 0 saturated heterocycles. The normalized spacial score (nSPS) is 12.5. The van der Waals surface area contributed by atoms with Gasteiger partial charge in [-0.05, 0) is 74.3 Å². The van der Waals surface area contributed by atoms with Crippen molar-refractivity contribution in [1.29, 1.82) is 0 Å². The molecule has 0 N–H and O–H groups in total. The largest absolute Gasteiger partial charge is 0.491 e. The molecule has 0 fully saturated rings. The number of aryl methyl sites for hydroxylation is 1. The van der Waals surface area contributed by atoms with Gasteiger partial charge in [-0.1, -0.05) is 221 Å². The molecule has 76 heavy (non-hydrogen) atoms. The molecule has 0 radical (unpaired) electrons. The number of nitro groups is 2. The maximum atomic E-state index is 12.0. The second kappa shape index (κ2) is 41.2. The number of nitrogens with zero attached hydrogens (tertiary/aromatic N) is 7. The SMILES string of the molecule is CCCCCCCCCCCCCCN(CCCCCCCCCCCCCC)c1ccc(N=Nc2cc(OCC(CC)CCCC)c(N=Nc3ccc([N+](=O)[O-])cc3[N+](=O)[O-])cc2OCC(CC)CCCC)c(C)c1. The lowest BCUT2D eigenvalue weighted by Gasteiger charge is -2.26. The highest BCUT2D eigenvalue weighted by atomic mass is 16.6. The van der Waals surface area contributed by atoms with Crippen molar-refractivity contribution in [1.82, 2.24) is 0 Å². The van der Waals surface area contributed by atoms with Crippen molar-refractivity contribution in [3.05, 3.63) is 74.3 Å². The molecule has 13 nitrogen and oxygen atoms in total. The molecule has 426 valence electrons. The molecule has 3 aromatic carbocycles. The van der Waals surface area contributed by atoms with E-state index in [4.69, 9.17) is 19.7 Å². The van der Waals surface area contributed by atoms with Crippen molar-refractivity contribution in [3.63, 3.8) is 0 Å². The molecular weight excluding hydrogens is 951 g/mol. The number of nitro benzene ring substituents is 2. The van der Waals surface area contributed by atoms with Gasteiger partial charge in [0.2, 0.25) is 0 Å². The van der Waals surface area contributed by atoms with E-state index in [1.54, 1.807) is 12.1 Å². The van der Waals surface area contributed by atoms with Crippen LogP contribution in [0.3, 0.4) is 0 Å². The third-order valence-electron chi connectivity index (χ3n) is 15.1. The first-order chi connectivity index (χ1) is 37.1. The van der Waals surface area contributed by atoms with Crippen molar-refractivity contribution in [2.24, 2.45) is 32.3 Å². The molecule has 2 unspecified atom stereocenters. The average Bonchev–Trinajstić information content (AvgIpc) is 3.42. The first kappa shape index (κ1) is 65.3. The maximum Gasteiger partial charge on any atom is 0.303 e. The summed E-state index contributed by atoms with van der Waals surface area (Å²) in [7, 11) is 0. The third kappa shape index (κ3) is 26.9. The number of hydrogen-bond donors (Lipinski definition) is 0. The number of ether oxygens (including phenoxy) is 2. The zero-order valence-electron chi connectivity index (χ0n) is 48.8. The first-order valence-corrected chi connectivity index (χ1v) is 30.6. The van der Waals surface area contributed by atoms with Gasteiger partial charge < -0.3 is 14.4 Å². The van der Waals surface area contributed by atoms with Crippen LogP contribution in [0.4, 0.5) is 39.8 Å². The van der Waals surface area contributed by atoms with Crippen molar-refractivity contribution in [2.45, 2.75) is 254 Å². The third-order valence-corrected chi connectivity index (χ3v) is 15.1. The van der Waals surface area contributed by atoms with Gasteiger partial charge in [-0.2, -0.15) is 5.11 Å². The number of anilines is 1. The predicted octanol–water partition coefficient (Wildman–Crippen LogP) is 22.0. The minimum atomic E-state index is -0.691. The van der Waals surface area contributed by atoms with Crippen LogP contribution in [0.25, 0.3) is 0 Å². The van der Waals surface area contributed by atoms with Crippen LogP contribution in [-0.4, -0.2) is 36.1 Å². The summed E-state index contributed by atoms with van der Waals surface area (Å²) in [5.74, 6) is 1.45. The Morgan fingerprint density at radius 1 is 0.447 bits per heavy atom. The highest BCUT2D eigenvalue weighted by Crippen LogP contribution is 2.43. The fourth-order valence-corrected chi connectivity index (χ4v) is 9.81. The van der Waals surface area contributed by atoms with Crippen LogP contribution in [0.15, 0.2) is 69.0 Å². The molecule has 0 saturated carbocycles. The van der Waals surface area contributed by atoms with Crippen molar-refractivity contribution < 1.29 is 19.3 Å². The van der Waals surface area contributed by atoms with E-state index >= 15 is 0 Å². The van der Waals surface area contributed by atoms with Crippen molar-refractivity contribution in [3.8, 4) is 11.5 Å². The molecule has 0 aliphatic rings. The van der Waals surface area contributed by atoms with E-state index in [1.165, 1.54) is 172 Å². The summed E-state index contributed by atoms with van der Waals surface area (Å²) in [5, 5.41) is 42.0. The summed E-state index contributed by atoms with van der Waals surface area (Å²) in [4.78, 5) is 24.8. The van der Waals surface area contributed by atoms with Crippen LogP contribution in [-0.2, 0) is 0 Å². The topological polar surface area (TPSA) is 157 Å². The number of non-ortho nitro benzene ring substituents is 1. The molecule has 0 spiro atoms. The Kier molecular flexibility index (Phi) is 35.4. The van der Waals surface area contributed by atoms with Gasteiger partial charge in [0.05, 0.1) is 34.8 Å². The number of unbranched alkanes of at least 4 members (excludes halogenated alkanes) is 24. The zero-order chi connectivity index (χ0) is 55.0. The monoisotopic (exact) mass is 1050 g/mol. The van der Waals surface area contributed by atoms with Crippen LogP contribution in [0, 0.1) is 39.0 Å². The van der Waals surface area contributed by atoms with E-state index in [-0.39, 0.29) is 5.69 Å². The number of azo groups is 2. The minimum absolute atomic E-state index is 0.117. The predicted molar refractivity (Wildman–Crippen MR) is 318 cm³/mol. The lowest BCUT2D eigenvalue weighted by atomic mass is 10.0. The summed E-state index contributed by atoms with van der Waals surface area (Å²) in [6.07, 6.45) is 40.4. The van der Waals surface area contributed by atoms with Crippen LogP contribution < -0.4 is 14.4 Å². The molecular formula is C63H103N7O6. The van der Waals surface area contributed by atoms with Crippen molar-refractivity contribution in [2.75, 3.05) is 31.2 Å². The highest BCUT2D eigenvalue weighted by Gasteiger charge is 2.21. The Morgan fingerprint density at radius 3 is 1.21 bits per heavy atom. The van der Waals surface area contributed by atoms with Gasteiger partial charge in [-0.25, -0.2) is 0 Å². The van der Waals surface area contributed by atoms with Gasteiger partial charge in [-0.15, -0.1) is 15.3 Å². The van der Waals surface area contributed by atoms with Crippen molar-refractivity contribution >= 4 is 39.8 Å². The molecule has 0 amide bonds. The van der Waals surface area contributed by atoms with E-state index in [0.717, 1.165) is 81.8 Å². The summed E-state index contributed by atoms with van der Waals surface area (Å²) in [5.41, 5.74) is 2.77. The van der Waals surface area contributed by atoms with Gasteiger partial charge in [-0.3, -0.25) is 20.2 Å². The Morgan fingerprint density at radius 2 is 0.829 bits per heavy atom. The molecule has 0 aliphatic carbocycles. The van der Waals surface area contributed by atoms with E-state index < -0.39 is 21.2 Å². The van der Waals surface area contributed by atoms with Gasteiger partial charge in [0.15, 0.2) is 5.69 Å². The molecule has 3 aromatic rings. The van der Waals surface area contributed by atoms with Crippen LogP contribution in [0.2, 0.25) is 0 Å². The van der Waals surface area contributed by atoms with E-state index in [2.05, 4.69) is 81.8 Å². The first-order valence-electron chi connectivity index (χ1n) is 30.6. The molecule has 0 aliphatic heterocycles. The molecule has 3 rings (SSSR count). The Bertz CT molecular complexity index is 2070. The zero-order valence-corrected chi connectivity index (χ0v) is 48.8. The molecule has 0 aromatic heterocycles. The molecule has 2 atom stereocenters. The van der Waals surface area contributed by atoms with E-state index in [0.29, 0.717) is 47.9 Å². The molecule has 0 bridgehead atoms. The standard InChI is InChI=1S/C63H103N7O6/c1-8-14-18-20-22-24-26-28-30-32-34-36-44-68(45-37-35-33-31-29-27-25-23-21-19-15-9-2)55-40-42-57(52(7)46-55)64-66-59-48-63(76-51-54(13-6)39-17-11-4)60(49-62(59)75-50-53(12-5)38-16-10-3)67-65-58-43-41-56(69(71)72)47-61(58)70(73)74/h40-43,46-49,53-54H,8-39,44-45,50-51H2,1-7H3. The smallest absolute Gasteiger partial charge is 0.303 e. The van der Waals surface area contributed by atoms with Gasteiger partial charge in [0, 0.05) is 37.0 Å². The quantitative estimate of drug-likeness (QED) is 0.0236. The summed E-state index contributed by atoms with van der Waals surface area (Å²) < 4.78 is 13.1. The Hall–Kier alpha value is -4.94. The summed E-state index contributed by atoms with van der Waals surface area (Å²) in [6.45, 7) is 18.4. The van der Waals surface area contributed by atoms with Crippen LogP contribution >= 0.6 is 0 Å². The molecule has 13 heteroatoms. The van der Waals surface area contributed by atoms with Gasteiger partial charge in [0.1, 0.15) is 22.9 Å². The second-order valence-electron chi connectivity index (χ2n) is 21.6. The average molecular weight is 1050 g/mol. The number of benzene rings is 3. The van der Waals surface area contributed by atoms with Gasteiger partial charge in [0.25, 0.3) is 5.69 Å². The summed E-state index contributed by atoms with van der Waals surface area (Å²) in [6, 6.07) is 13.4. The lowest BCUT2D eigenvalue weighted by molar-refractivity contribution is -0.393. The van der Waals surface area contributed by atoms with Crippen LogP contribution in [0.1, 0.15) is 253 Å². The molecule has 0 heterocycles. The fraction of sp³-hybridized carbons (Fsp3) is 0.714. The minimum Gasteiger partial charge on any atom is -0.491 e. The Labute approximate surface area is 460 Å². The summed E-state index contributed by atoms with van der Waals surface area (Å²) >= 11 is 0. The fourth-order valence-electron chi connectivity index (χ4n) is 9.81. The highest BCUT2D eigenvalue weighted by molar-refractivity contribution is 5.68. The number of hydrogen-bond acceptors (Lipinski definition) is 11. The van der Waals surface area contributed by atoms with E-state index in [9.17, 15) is 20.2 Å². The second-order valence-corrected chi connectivity index (χ2v) is 21.6.